The van der Waals surface area contributed by atoms with Crippen molar-refractivity contribution < 1.29 is 9.53 Å². The average molecular weight is 177 g/mol. The molecule has 0 radical (unpaired) electrons. The van der Waals surface area contributed by atoms with Crippen LogP contribution >= 0.6 is 0 Å². The lowest BCUT2D eigenvalue weighted by atomic mass is 10.1. The maximum Gasteiger partial charge on any atom is 0.320 e. The molecule has 0 spiro atoms. The minimum atomic E-state index is -0.180. The molecule has 0 bridgehead atoms. The molecular formula is C10H11NO2. The standard InChI is InChI=1S/C10H11NO2/c12-10-7-11-6-9(13-10)8-4-2-1-3-5-8/h1-5,9,11H,6-7H2/t9-/m1/s1. The van der Waals surface area contributed by atoms with Crippen molar-refractivity contribution in [2.45, 2.75) is 6.10 Å². The highest BCUT2D eigenvalue weighted by atomic mass is 16.5. The third-order valence-corrected chi connectivity index (χ3v) is 2.04. The van der Waals surface area contributed by atoms with Gasteiger partial charge in [0.15, 0.2) is 0 Å². The number of hydrogen-bond acceptors (Lipinski definition) is 3. The maximum absolute atomic E-state index is 11.0. The van der Waals surface area contributed by atoms with E-state index in [2.05, 4.69) is 5.32 Å². The van der Waals surface area contributed by atoms with E-state index in [1.165, 1.54) is 0 Å². The minimum Gasteiger partial charge on any atom is -0.455 e. The number of cyclic esters (lactones) is 1. The fourth-order valence-corrected chi connectivity index (χ4v) is 1.40. The number of carbonyl (C=O) groups excluding carboxylic acids is 1. The van der Waals surface area contributed by atoms with Crippen molar-refractivity contribution in [1.82, 2.24) is 5.32 Å². The van der Waals surface area contributed by atoms with E-state index in [9.17, 15) is 4.79 Å². The highest BCUT2D eigenvalue weighted by molar-refractivity contribution is 5.72. The Kier molecular flexibility index (Phi) is 2.27. The minimum absolute atomic E-state index is 0.123. The van der Waals surface area contributed by atoms with Gasteiger partial charge in [0.2, 0.25) is 0 Å². The van der Waals surface area contributed by atoms with Gasteiger partial charge in [-0.3, -0.25) is 4.79 Å². The molecule has 1 aliphatic heterocycles. The molecule has 68 valence electrons. The summed E-state index contributed by atoms with van der Waals surface area (Å²) in [5.41, 5.74) is 1.04. The second-order valence-corrected chi connectivity index (χ2v) is 3.02. The van der Waals surface area contributed by atoms with Gasteiger partial charge in [-0.25, -0.2) is 0 Å². The summed E-state index contributed by atoms with van der Waals surface area (Å²) >= 11 is 0. The van der Waals surface area contributed by atoms with E-state index in [-0.39, 0.29) is 12.1 Å². The molecule has 1 saturated heterocycles. The van der Waals surface area contributed by atoms with Crippen LogP contribution in [0.5, 0.6) is 0 Å². The summed E-state index contributed by atoms with van der Waals surface area (Å²) in [6.45, 7) is 1.03. The summed E-state index contributed by atoms with van der Waals surface area (Å²) in [6, 6.07) is 9.76. The molecule has 1 heterocycles. The second-order valence-electron chi connectivity index (χ2n) is 3.02. The zero-order valence-corrected chi connectivity index (χ0v) is 7.19. The van der Waals surface area contributed by atoms with Crippen molar-refractivity contribution >= 4 is 5.97 Å². The predicted molar refractivity (Wildman–Crippen MR) is 48.1 cm³/mol. The van der Waals surface area contributed by atoms with E-state index >= 15 is 0 Å². The van der Waals surface area contributed by atoms with Crippen LogP contribution < -0.4 is 5.32 Å². The molecule has 0 saturated carbocycles. The smallest absolute Gasteiger partial charge is 0.320 e. The summed E-state index contributed by atoms with van der Waals surface area (Å²) < 4.78 is 5.17. The molecule has 1 aromatic rings. The Labute approximate surface area is 76.7 Å². The third kappa shape index (κ3) is 1.87. The Morgan fingerprint density at radius 3 is 2.77 bits per heavy atom. The summed E-state index contributed by atoms with van der Waals surface area (Å²) in [6.07, 6.45) is -0.123. The van der Waals surface area contributed by atoms with E-state index in [0.29, 0.717) is 13.1 Å². The topological polar surface area (TPSA) is 38.3 Å². The average Bonchev–Trinajstić information content (AvgIpc) is 2.19. The van der Waals surface area contributed by atoms with Gasteiger partial charge in [-0.1, -0.05) is 30.3 Å². The van der Waals surface area contributed by atoms with Gasteiger partial charge in [0.1, 0.15) is 6.10 Å². The van der Waals surface area contributed by atoms with Crippen molar-refractivity contribution in [1.29, 1.82) is 0 Å². The molecule has 1 fully saturated rings. The van der Waals surface area contributed by atoms with E-state index in [0.717, 1.165) is 5.56 Å². The highest BCUT2D eigenvalue weighted by Crippen LogP contribution is 2.17. The van der Waals surface area contributed by atoms with Crippen molar-refractivity contribution in [3.8, 4) is 0 Å². The third-order valence-electron chi connectivity index (χ3n) is 2.04. The van der Waals surface area contributed by atoms with Crippen LogP contribution in [0.25, 0.3) is 0 Å². The van der Waals surface area contributed by atoms with Crippen molar-refractivity contribution in [3.63, 3.8) is 0 Å². The maximum atomic E-state index is 11.0. The van der Waals surface area contributed by atoms with E-state index in [1.54, 1.807) is 0 Å². The van der Waals surface area contributed by atoms with Crippen LogP contribution in [0.15, 0.2) is 30.3 Å². The first-order valence-corrected chi connectivity index (χ1v) is 4.31. The molecule has 3 heteroatoms. The SMILES string of the molecule is O=C1CNC[C@H](c2ccccc2)O1. The van der Waals surface area contributed by atoms with Gasteiger partial charge >= 0.3 is 5.97 Å². The monoisotopic (exact) mass is 177 g/mol. The van der Waals surface area contributed by atoms with E-state index in [4.69, 9.17) is 4.74 Å². The number of benzene rings is 1. The van der Waals surface area contributed by atoms with Gasteiger partial charge in [0.05, 0.1) is 6.54 Å². The molecule has 2 rings (SSSR count). The van der Waals surface area contributed by atoms with Crippen molar-refractivity contribution in [3.05, 3.63) is 35.9 Å². The van der Waals surface area contributed by atoms with Gasteiger partial charge < -0.3 is 10.1 Å². The molecule has 1 aliphatic rings. The molecule has 0 aliphatic carbocycles. The molecule has 1 aromatic carbocycles. The van der Waals surface area contributed by atoms with Crippen LogP contribution in [-0.4, -0.2) is 19.1 Å². The fourth-order valence-electron chi connectivity index (χ4n) is 1.40. The zero-order valence-electron chi connectivity index (χ0n) is 7.19. The van der Waals surface area contributed by atoms with Gasteiger partial charge in [-0.15, -0.1) is 0 Å². The summed E-state index contributed by atoms with van der Waals surface area (Å²) in [7, 11) is 0. The normalized spacial score (nSPS) is 22.5. The van der Waals surface area contributed by atoms with E-state index in [1.807, 2.05) is 30.3 Å². The Bertz CT molecular complexity index is 297. The number of esters is 1. The Balaban J connectivity index is 2.13. The number of ether oxygens (including phenoxy) is 1. The lowest BCUT2D eigenvalue weighted by Crippen LogP contribution is -2.37. The molecule has 0 amide bonds. The molecule has 1 N–H and O–H groups in total. The lowest BCUT2D eigenvalue weighted by molar-refractivity contribution is -0.151. The Hall–Kier alpha value is -1.35. The highest BCUT2D eigenvalue weighted by Gasteiger charge is 2.20. The fraction of sp³-hybridized carbons (Fsp3) is 0.300. The Morgan fingerprint density at radius 1 is 1.31 bits per heavy atom. The molecule has 13 heavy (non-hydrogen) atoms. The van der Waals surface area contributed by atoms with Gasteiger partial charge in [0, 0.05) is 6.54 Å². The summed E-state index contributed by atoms with van der Waals surface area (Å²) in [5, 5.41) is 3.01. The number of morpholine rings is 1. The first kappa shape index (κ1) is 8.26. The first-order chi connectivity index (χ1) is 6.36. The van der Waals surface area contributed by atoms with Crippen molar-refractivity contribution in [2.75, 3.05) is 13.1 Å². The van der Waals surface area contributed by atoms with Crippen LogP contribution in [0.3, 0.4) is 0 Å². The van der Waals surface area contributed by atoms with Crippen LogP contribution in [0.1, 0.15) is 11.7 Å². The zero-order chi connectivity index (χ0) is 9.10. The number of rotatable bonds is 1. The largest absolute Gasteiger partial charge is 0.455 e. The quantitative estimate of drug-likeness (QED) is 0.647. The first-order valence-electron chi connectivity index (χ1n) is 4.31. The number of nitrogens with one attached hydrogen (secondary N) is 1. The van der Waals surface area contributed by atoms with Gasteiger partial charge in [-0.2, -0.15) is 0 Å². The number of carbonyl (C=O) groups is 1. The van der Waals surface area contributed by atoms with E-state index < -0.39 is 0 Å². The molecule has 1 atom stereocenters. The van der Waals surface area contributed by atoms with Crippen LogP contribution in [0.2, 0.25) is 0 Å². The lowest BCUT2D eigenvalue weighted by Gasteiger charge is -2.23. The molecule has 3 nitrogen and oxygen atoms in total. The Morgan fingerprint density at radius 2 is 2.08 bits per heavy atom. The van der Waals surface area contributed by atoms with Crippen LogP contribution in [-0.2, 0) is 9.53 Å². The number of hydrogen-bond donors (Lipinski definition) is 1. The predicted octanol–water partition coefficient (Wildman–Crippen LogP) is 0.874. The van der Waals surface area contributed by atoms with Crippen molar-refractivity contribution in [2.24, 2.45) is 0 Å². The molecule has 0 aromatic heterocycles. The van der Waals surface area contributed by atoms with Gasteiger partial charge in [-0.05, 0) is 5.56 Å². The van der Waals surface area contributed by atoms with Crippen LogP contribution in [0.4, 0.5) is 0 Å². The molecule has 0 unspecified atom stereocenters. The van der Waals surface area contributed by atoms with Gasteiger partial charge in [0.25, 0.3) is 0 Å². The second kappa shape index (κ2) is 3.58. The summed E-state index contributed by atoms with van der Waals surface area (Å²) in [4.78, 5) is 11.0. The van der Waals surface area contributed by atoms with Crippen LogP contribution in [0, 0.1) is 0 Å². The summed E-state index contributed by atoms with van der Waals surface area (Å²) in [5.74, 6) is -0.180. The molecular weight excluding hydrogens is 166 g/mol.